The lowest BCUT2D eigenvalue weighted by molar-refractivity contribution is -0.131. The molecule has 0 spiro atoms. The van der Waals surface area contributed by atoms with E-state index in [4.69, 9.17) is 5.11 Å². The van der Waals surface area contributed by atoms with Crippen LogP contribution in [0.2, 0.25) is 0 Å². The second kappa shape index (κ2) is 16.4. The van der Waals surface area contributed by atoms with Gasteiger partial charge in [0.25, 0.3) is 0 Å². The molecule has 2 N–H and O–H groups in total. The van der Waals surface area contributed by atoms with Crippen LogP contribution in [0.1, 0.15) is 84.0 Å². The molecule has 1 atom stereocenters. The predicted octanol–water partition coefficient (Wildman–Crippen LogP) is 4.81. The zero-order valence-corrected chi connectivity index (χ0v) is 15.1. The first-order valence-corrected chi connectivity index (χ1v) is 9.34. The lowest BCUT2D eigenvalue weighted by Crippen LogP contribution is -2.06. The minimum Gasteiger partial charge on any atom is -0.478 e. The number of aliphatic hydroxyl groups is 1. The van der Waals surface area contributed by atoms with Gasteiger partial charge in [-0.3, -0.25) is 4.79 Å². The van der Waals surface area contributed by atoms with Crippen molar-refractivity contribution in [1.82, 2.24) is 0 Å². The minimum absolute atomic E-state index is 0.0117. The standard InChI is InChI=1S/C20H34O4/c1-2-3-4-5-6-8-13-18(21)14-9-7-10-15-19(22)16-11-12-17-20(23)24/h11-12,16-18,21H,2-10,13-15H2,1H3,(H,23,24). The van der Waals surface area contributed by atoms with Crippen molar-refractivity contribution >= 4 is 11.8 Å². The van der Waals surface area contributed by atoms with Crippen molar-refractivity contribution in [2.24, 2.45) is 0 Å². The fourth-order valence-electron chi connectivity index (χ4n) is 2.54. The topological polar surface area (TPSA) is 74.6 Å². The van der Waals surface area contributed by atoms with Gasteiger partial charge >= 0.3 is 5.97 Å². The Balaban J connectivity index is 3.48. The molecule has 138 valence electrons. The zero-order chi connectivity index (χ0) is 18.0. The molecule has 0 aromatic heterocycles. The second-order valence-corrected chi connectivity index (χ2v) is 6.33. The Morgan fingerprint density at radius 2 is 1.38 bits per heavy atom. The van der Waals surface area contributed by atoms with Gasteiger partial charge in [0.1, 0.15) is 0 Å². The molecule has 0 bridgehead atoms. The molecule has 0 amide bonds. The van der Waals surface area contributed by atoms with Crippen LogP contribution < -0.4 is 0 Å². The summed E-state index contributed by atoms with van der Waals surface area (Å²) in [6.07, 6.45) is 17.4. The van der Waals surface area contributed by atoms with E-state index in [2.05, 4.69) is 6.92 Å². The molecule has 0 heterocycles. The van der Waals surface area contributed by atoms with E-state index in [1.807, 2.05) is 0 Å². The van der Waals surface area contributed by atoms with Gasteiger partial charge in [-0.25, -0.2) is 4.79 Å². The molecule has 24 heavy (non-hydrogen) atoms. The number of aliphatic carboxylic acids is 1. The Morgan fingerprint density at radius 1 is 0.833 bits per heavy atom. The minimum atomic E-state index is -1.02. The first kappa shape index (κ1) is 22.6. The van der Waals surface area contributed by atoms with Crippen LogP contribution >= 0.6 is 0 Å². The number of carboxylic acids is 1. The highest BCUT2D eigenvalue weighted by Gasteiger charge is 2.04. The van der Waals surface area contributed by atoms with Gasteiger partial charge in [-0.2, -0.15) is 0 Å². The summed E-state index contributed by atoms with van der Waals surface area (Å²) in [4.78, 5) is 21.8. The highest BCUT2D eigenvalue weighted by atomic mass is 16.4. The first-order valence-electron chi connectivity index (χ1n) is 9.34. The number of ketones is 1. The maximum absolute atomic E-state index is 11.5. The van der Waals surface area contributed by atoms with E-state index in [0.29, 0.717) is 6.42 Å². The van der Waals surface area contributed by atoms with Gasteiger partial charge in [0.05, 0.1) is 6.10 Å². The number of carboxylic acid groups (broad SMARTS) is 1. The van der Waals surface area contributed by atoms with E-state index in [1.54, 1.807) is 0 Å². The van der Waals surface area contributed by atoms with Crippen molar-refractivity contribution in [2.75, 3.05) is 0 Å². The summed E-state index contributed by atoms with van der Waals surface area (Å²) in [7, 11) is 0. The molecule has 0 radical (unpaired) electrons. The number of rotatable bonds is 16. The van der Waals surface area contributed by atoms with Crippen LogP contribution in [0.4, 0.5) is 0 Å². The van der Waals surface area contributed by atoms with Gasteiger partial charge in [0.2, 0.25) is 0 Å². The van der Waals surface area contributed by atoms with Gasteiger partial charge in [-0.15, -0.1) is 0 Å². The number of hydrogen-bond acceptors (Lipinski definition) is 3. The average molecular weight is 338 g/mol. The Kier molecular flexibility index (Phi) is 15.5. The van der Waals surface area contributed by atoms with Gasteiger partial charge in [0.15, 0.2) is 5.78 Å². The number of unbranched alkanes of at least 4 members (excludes halogenated alkanes) is 7. The van der Waals surface area contributed by atoms with Crippen LogP contribution in [0.3, 0.4) is 0 Å². The van der Waals surface area contributed by atoms with Crippen molar-refractivity contribution in [3.63, 3.8) is 0 Å². The summed E-state index contributed by atoms with van der Waals surface area (Å²) in [5, 5.41) is 18.3. The van der Waals surface area contributed by atoms with Crippen molar-refractivity contribution in [2.45, 2.75) is 90.1 Å². The number of allylic oxidation sites excluding steroid dienone is 3. The highest BCUT2D eigenvalue weighted by molar-refractivity contribution is 5.90. The van der Waals surface area contributed by atoms with E-state index in [-0.39, 0.29) is 11.9 Å². The number of aliphatic hydroxyl groups excluding tert-OH is 1. The van der Waals surface area contributed by atoms with Crippen LogP contribution in [0.25, 0.3) is 0 Å². The normalized spacial score (nSPS) is 12.9. The van der Waals surface area contributed by atoms with Crippen LogP contribution in [0.5, 0.6) is 0 Å². The number of hydrogen-bond donors (Lipinski definition) is 2. The molecule has 4 nitrogen and oxygen atoms in total. The van der Waals surface area contributed by atoms with E-state index < -0.39 is 5.97 Å². The average Bonchev–Trinajstić information content (AvgIpc) is 2.54. The third kappa shape index (κ3) is 16.9. The van der Waals surface area contributed by atoms with Crippen LogP contribution in [0.15, 0.2) is 24.3 Å². The van der Waals surface area contributed by atoms with E-state index in [9.17, 15) is 14.7 Å². The lowest BCUT2D eigenvalue weighted by atomic mass is 10.0. The molecular formula is C20H34O4. The van der Waals surface area contributed by atoms with Crippen molar-refractivity contribution in [1.29, 1.82) is 0 Å². The molecule has 0 saturated heterocycles. The molecule has 0 rings (SSSR count). The summed E-state index contributed by atoms with van der Waals surface area (Å²) in [6.45, 7) is 2.21. The largest absolute Gasteiger partial charge is 0.478 e. The highest BCUT2D eigenvalue weighted by Crippen LogP contribution is 2.13. The van der Waals surface area contributed by atoms with Crippen molar-refractivity contribution in [3.05, 3.63) is 24.3 Å². The van der Waals surface area contributed by atoms with Crippen LogP contribution in [0, 0.1) is 0 Å². The zero-order valence-electron chi connectivity index (χ0n) is 15.1. The first-order chi connectivity index (χ1) is 11.6. The Labute approximate surface area is 146 Å². The maximum Gasteiger partial charge on any atom is 0.328 e. The Bertz CT molecular complexity index is 385. The summed E-state index contributed by atoms with van der Waals surface area (Å²) >= 11 is 0. The predicted molar refractivity (Wildman–Crippen MR) is 98.0 cm³/mol. The SMILES string of the molecule is CCCCCCCCC(O)CCCCCC(=O)C=CC=CC(=O)O. The second-order valence-electron chi connectivity index (χ2n) is 6.33. The van der Waals surface area contributed by atoms with Crippen molar-refractivity contribution in [3.8, 4) is 0 Å². The monoisotopic (exact) mass is 338 g/mol. The molecule has 0 aromatic carbocycles. The fraction of sp³-hybridized carbons (Fsp3) is 0.700. The fourth-order valence-corrected chi connectivity index (χ4v) is 2.54. The smallest absolute Gasteiger partial charge is 0.328 e. The van der Waals surface area contributed by atoms with E-state index in [0.717, 1.165) is 44.6 Å². The molecule has 0 aliphatic heterocycles. The summed E-state index contributed by atoms with van der Waals surface area (Å²) in [5.74, 6) is -1.01. The summed E-state index contributed by atoms with van der Waals surface area (Å²) < 4.78 is 0. The maximum atomic E-state index is 11.5. The number of carbonyl (C=O) groups excluding carboxylic acids is 1. The Hall–Kier alpha value is -1.42. The molecule has 0 aromatic rings. The van der Waals surface area contributed by atoms with E-state index in [1.165, 1.54) is 50.3 Å². The van der Waals surface area contributed by atoms with Crippen LogP contribution in [-0.2, 0) is 9.59 Å². The third-order valence-corrected chi connectivity index (χ3v) is 3.98. The van der Waals surface area contributed by atoms with Gasteiger partial charge in [-0.05, 0) is 25.3 Å². The van der Waals surface area contributed by atoms with E-state index >= 15 is 0 Å². The Morgan fingerprint density at radius 3 is 2.00 bits per heavy atom. The third-order valence-electron chi connectivity index (χ3n) is 3.98. The van der Waals surface area contributed by atoms with Crippen LogP contribution in [-0.4, -0.2) is 28.1 Å². The molecule has 0 aliphatic carbocycles. The van der Waals surface area contributed by atoms with Crippen molar-refractivity contribution < 1.29 is 19.8 Å². The molecule has 4 heteroatoms. The molecule has 1 unspecified atom stereocenters. The summed E-state index contributed by atoms with van der Waals surface area (Å²) in [5.41, 5.74) is 0. The molecular weight excluding hydrogens is 304 g/mol. The van der Waals surface area contributed by atoms with Gasteiger partial charge in [0, 0.05) is 12.5 Å². The molecule has 0 fully saturated rings. The lowest BCUT2D eigenvalue weighted by Gasteiger charge is -2.10. The molecule has 0 saturated carbocycles. The number of carbonyl (C=O) groups is 2. The van der Waals surface area contributed by atoms with Gasteiger partial charge in [-0.1, -0.05) is 70.4 Å². The van der Waals surface area contributed by atoms with Gasteiger partial charge < -0.3 is 10.2 Å². The molecule has 0 aliphatic rings. The summed E-state index contributed by atoms with van der Waals surface area (Å²) in [6, 6.07) is 0. The quantitative estimate of drug-likeness (QED) is 0.240.